The van der Waals surface area contributed by atoms with Gasteiger partial charge in [-0.1, -0.05) is 36.7 Å². The first kappa shape index (κ1) is 19.3. The minimum absolute atomic E-state index is 0.0865. The van der Waals surface area contributed by atoms with E-state index < -0.39 is 10.0 Å². The van der Waals surface area contributed by atoms with Crippen LogP contribution in [0.2, 0.25) is 5.02 Å². The zero-order valence-corrected chi connectivity index (χ0v) is 15.8. The lowest BCUT2D eigenvalue weighted by Gasteiger charge is -2.25. The van der Waals surface area contributed by atoms with Gasteiger partial charge in [-0.05, 0) is 49.2 Å². The number of anilines is 1. The summed E-state index contributed by atoms with van der Waals surface area (Å²) in [4.78, 5) is 12.3. The number of amides is 1. The molecule has 0 aliphatic rings. The van der Waals surface area contributed by atoms with Crippen molar-refractivity contribution >= 4 is 33.2 Å². The zero-order valence-electron chi connectivity index (χ0n) is 14.2. The van der Waals surface area contributed by atoms with Crippen molar-refractivity contribution in [1.82, 2.24) is 5.32 Å². The average molecular weight is 381 g/mol. The fourth-order valence-corrected chi connectivity index (χ4v) is 3.94. The quantitative estimate of drug-likeness (QED) is 0.800. The van der Waals surface area contributed by atoms with Crippen molar-refractivity contribution in [2.24, 2.45) is 0 Å². The Morgan fingerprint density at radius 1 is 1.12 bits per heavy atom. The summed E-state index contributed by atoms with van der Waals surface area (Å²) in [7, 11) is -3.90. The van der Waals surface area contributed by atoms with Gasteiger partial charge in [0.1, 0.15) is 6.54 Å². The first-order chi connectivity index (χ1) is 11.9. The summed E-state index contributed by atoms with van der Waals surface area (Å²) in [5.74, 6) is -0.345. The van der Waals surface area contributed by atoms with Crippen molar-refractivity contribution in [2.75, 3.05) is 17.4 Å². The van der Waals surface area contributed by atoms with E-state index in [0.29, 0.717) is 17.3 Å². The van der Waals surface area contributed by atoms with E-state index in [2.05, 4.69) is 5.32 Å². The molecule has 134 valence electrons. The molecular weight excluding hydrogens is 360 g/mol. The lowest BCUT2D eigenvalue weighted by molar-refractivity contribution is -0.119. The molecule has 5 nitrogen and oxygen atoms in total. The number of nitrogens with zero attached hydrogens (tertiary/aromatic N) is 1. The average Bonchev–Trinajstić information content (AvgIpc) is 2.59. The van der Waals surface area contributed by atoms with E-state index in [-0.39, 0.29) is 17.3 Å². The molecule has 2 aromatic carbocycles. The summed E-state index contributed by atoms with van der Waals surface area (Å²) in [5.41, 5.74) is 1.24. The fourth-order valence-electron chi connectivity index (χ4n) is 2.33. The minimum atomic E-state index is -3.90. The summed E-state index contributed by atoms with van der Waals surface area (Å²) in [6, 6.07) is 13.0. The highest BCUT2D eigenvalue weighted by Gasteiger charge is 2.28. The van der Waals surface area contributed by atoms with E-state index in [9.17, 15) is 13.2 Å². The van der Waals surface area contributed by atoms with Gasteiger partial charge in [0.05, 0.1) is 10.6 Å². The highest BCUT2D eigenvalue weighted by Crippen LogP contribution is 2.27. The van der Waals surface area contributed by atoms with E-state index in [1.165, 1.54) is 24.3 Å². The number of benzene rings is 2. The largest absolute Gasteiger partial charge is 0.355 e. The summed E-state index contributed by atoms with van der Waals surface area (Å²) in [6.45, 7) is 3.96. The molecule has 0 saturated heterocycles. The molecular formula is C18H21ClN2O3S. The minimum Gasteiger partial charge on any atom is -0.355 e. The standard InChI is InChI=1S/C18H21ClN2O3S/c1-3-12-20-18(22)13-21(17-7-5-4-6-14(17)2)25(23,24)16-10-8-15(19)9-11-16/h4-11H,3,12-13H2,1-2H3,(H,20,22). The Hall–Kier alpha value is -2.05. The van der Waals surface area contributed by atoms with Gasteiger partial charge in [0, 0.05) is 11.6 Å². The number of hydrogen-bond donors (Lipinski definition) is 1. The van der Waals surface area contributed by atoms with Crippen molar-refractivity contribution in [2.45, 2.75) is 25.2 Å². The molecule has 0 aliphatic heterocycles. The van der Waals surface area contributed by atoms with Gasteiger partial charge in [-0.15, -0.1) is 0 Å². The van der Waals surface area contributed by atoms with Gasteiger partial charge < -0.3 is 5.32 Å². The number of carbonyl (C=O) groups excluding carboxylic acids is 1. The van der Waals surface area contributed by atoms with Crippen molar-refractivity contribution in [1.29, 1.82) is 0 Å². The number of nitrogens with one attached hydrogen (secondary N) is 1. The lowest BCUT2D eigenvalue weighted by Crippen LogP contribution is -2.41. The summed E-state index contributed by atoms with van der Waals surface area (Å²) < 4.78 is 27.4. The lowest BCUT2D eigenvalue weighted by atomic mass is 10.2. The molecule has 0 aliphatic carbocycles. The molecule has 0 atom stereocenters. The second-order valence-electron chi connectivity index (χ2n) is 5.60. The predicted molar refractivity (Wildman–Crippen MR) is 100 cm³/mol. The van der Waals surface area contributed by atoms with E-state index >= 15 is 0 Å². The molecule has 0 radical (unpaired) electrons. The first-order valence-electron chi connectivity index (χ1n) is 7.97. The fraction of sp³-hybridized carbons (Fsp3) is 0.278. The second-order valence-corrected chi connectivity index (χ2v) is 7.90. The van der Waals surface area contributed by atoms with Gasteiger partial charge in [-0.25, -0.2) is 8.42 Å². The Labute approximate surface area is 153 Å². The molecule has 7 heteroatoms. The van der Waals surface area contributed by atoms with Crippen molar-refractivity contribution < 1.29 is 13.2 Å². The molecule has 1 N–H and O–H groups in total. The number of para-hydroxylation sites is 1. The number of aryl methyl sites for hydroxylation is 1. The molecule has 0 fully saturated rings. The van der Waals surface area contributed by atoms with Crippen LogP contribution in [0.4, 0.5) is 5.69 Å². The van der Waals surface area contributed by atoms with Gasteiger partial charge in [0.15, 0.2) is 0 Å². The third-order valence-corrected chi connectivity index (χ3v) is 5.67. The van der Waals surface area contributed by atoms with Gasteiger partial charge in [-0.3, -0.25) is 9.10 Å². The zero-order chi connectivity index (χ0) is 18.4. The van der Waals surface area contributed by atoms with Crippen LogP contribution in [0.15, 0.2) is 53.4 Å². The highest BCUT2D eigenvalue weighted by atomic mass is 35.5. The molecule has 0 unspecified atom stereocenters. The van der Waals surface area contributed by atoms with Crippen LogP contribution in [0.5, 0.6) is 0 Å². The van der Waals surface area contributed by atoms with E-state index in [0.717, 1.165) is 16.3 Å². The van der Waals surface area contributed by atoms with Crippen molar-refractivity contribution in [3.8, 4) is 0 Å². The third-order valence-electron chi connectivity index (χ3n) is 3.65. The van der Waals surface area contributed by atoms with Crippen LogP contribution in [0.1, 0.15) is 18.9 Å². The number of rotatable bonds is 7. The number of hydrogen-bond acceptors (Lipinski definition) is 3. The Bertz CT molecular complexity index is 836. The molecule has 0 spiro atoms. The Morgan fingerprint density at radius 2 is 1.76 bits per heavy atom. The maximum Gasteiger partial charge on any atom is 0.264 e. The molecule has 1 amide bonds. The Morgan fingerprint density at radius 3 is 2.36 bits per heavy atom. The monoisotopic (exact) mass is 380 g/mol. The maximum absolute atomic E-state index is 13.1. The van der Waals surface area contributed by atoms with Gasteiger partial charge in [0.2, 0.25) is 5.91 Å². The predicted octanol–water partition coefficient (Wildman–Crippen LogP) is 3.37. The van der Waals surface area contributed by atoms with E-state index in [1.807, 2.05) is 26.0 Å². The molecule has 0 saturated carbocycles. The van der Waals surface area contributed by atoms with Crippen LogP contribution < -0.4 is 9.62 Å². The highest BCUT2D eigenvalue weighted by molar-refractivity contribution is 7.92. The van der Waals surface area contributed by atoms with Crippen LogP contribution in [-0.4, -0.2) is 27.4 Å². The Kier molecular flexibility index (Phi) is 6.45. The topological polar surface area (TPSA) is 66.5 Å². The summed E-state index contributed by atoms with van der Waals surface area (Å²) in [5, 5.41) is 3.16. The molecule has 2 rings (SSSR count). The van der Waals surface area contributed by atoms with Gasteiger partial charge in [-0.2, -0.15) is 0 Å². The van der Waals surface area contributed by atoms with Gasteiger partial charge in [0.25, 0.3) is 10.0 Å². The smallest absolute Gasteiger partial charge is 0.264 e. The van der Waals surface area contributed by atoms with Crippen molar-refractivity contribution in [3.63, 3.8) is 0 Å². The summed E-state index contributed by atoms with van der Waals surface area (Å²) >= 11 is 5.85. The first-order valence-corrected chi connectivity index (χ1v) is 9.78. The van der Waals surface area contributed by atoms with Crippen LogP contribution in [0.25, 0.3) is 0 Å². The third kappa shape index (κ3) is 4.74. The second kappa shape index (κ2) is 8.36. The molecule has 0 heterocycles. The summed E-state index contributed by atoms with van der Waals surface area (Å²) in [6.07, 6.45) is 0.778. The van der Waals surface area contributed by atoms with Crippen LogP contribution in [-0.2, 0) is 14.8 Å². The number of carbonyl (C=O) groups is 1. The van der Waals surface area contributed by atoms with Gasteiger partial charge >= 0.3 is 0 Å². The van der Waals surface area contributed by atoms with E-state index in [4.69, 9.17) is 11.6 Å². The Balaban J connectivity index is 2.45. The number of halogens is 1. The SMILES string of the molecule is CCCNC(=O)CN(c1ccccc1C)S(=O)(=O)c1ccc(Cl)cc1. The van der Waals surface area contributed by atoms with Crippen molar-refractivity contribution in [3.05, 3.63) is 59.1 Å². The molecule has 25 heavy (non-hydrogen) atoms. The van der Waals surface area contributed by atoms with Crippen LogP contribution in [0.3, 0.4) is 0 Å². The van der Waals surface area contributed by atoms with Crippen LogP contribution >= 0.6 is 11.6 Å². The maximum atomic E-state index is 13.1. The number of sulfonamides is 1. The molecule has 0 aromatic heterocycles. The molecule has 0 bridgehead atoms. The normalized spacial score (nSPS) is 11.2. The van der Waals surface area contributed by atoms with Crippen LogP contribution in [0, 0.1) is 6.92 Å². The van der Waals surface area contributed by atoms with E-state index in [1.54, 1.807) is 12.1 Å². The molecule has 2 aromatic rings.